The summed E-state index contributed by atoms with van der Waals surface area (Å²) in [6.07, 6.45) is 0. The molecule has 0 fully saturated rings. The SMILES string of the molecule is CC.CC.CC.Cc1ccc(-c2cccc(-c3ccc(C)cc3)c2)cc1. The molecule has 140 valence electrons. The Morgan fingerprint density at radius 1 is 0.385 bits per heavy atom. The van der Waals surface area contributed by atoms with Crippen molar-refractivity contribution in [2.24, 2.45) is 0 Å². The highest BCUT2D eigenvalue weighted by Crippen LogP contribution is 2.26. The molecular weight excluding hydrogens is 312 g/mol. The molecule has 0 nitrogen and oxygen atoms in total. The fourth-order valence-electron chi connectivity index (χ4n) is 2.37. The van der Waals surface area contributed by atoms with Crippen LogP contribution in [-0.4, -0.2) is 0 Å². The van der Waals surface area contributed by atoms with E-state index in [1.165, 1.54) is 33.4 Å². The van der Waals surface area contributed by atoms with Gasteiger partial charge in [0.05, 0.1) is 0 Å². The van der Waals surface area contributed by atoms with Crippen LogP contribution in [0.4, 0.5) is 0 Å². The molecule has 3 aromatic rings. The zero-order chi connectivity index (χ0) is 19.9. The zero-order valence-electron chi connectivity index (χ0n) is 17.9. The first-order valence-corrected chi connectivity index (χ1v) is 9.96. The van der Waals surface area contributed by atoms with Crippen LogP contribution >= 0.6 is 0 Å². The minimum absolute atomic E-state index is 1.27. The second-order valence-electron chi connectivity index (χ2n) is 5.31. The summed E-state index contributed by atoms with van der Waals surface area (Å²) in [6, 6.07) is 26.1. The molecule has 0 heterocycles. The lowest BCUT2D eigenvalue weighted by molar-refractivity contribution is 1.46. The lowest BCUT2D eigenvalue weighted by atomic mass is 9.98. The summed E-state index contributed by atoms with van der Waals surface area (Å²) in [5, 5.41) is 0. The van der Waals surface area contributed by atoms with Gasteiger partial charge < -0.3 is 0 Å². The van der Waals surface area contributed by atoms with Crippen molar-refractivity contribution >= 4 is 0 Å². The third kappa shape index (κ3) is 7.27. The van der Waals surface area contributed by atoms with E-state index in [1.54, 1.807) is 0 Å². The highest BCUT2D eigenvalue weighted by atomic mass is 14.1. The van der Waals surface area contributed by atoms with Gasteiger partial charge in [0.15, 0.2) is 0 Å². The molecule has 0 aromatic heterocycles. The summed E-state index contributed by atoms with van der Waals surface area (Å²) in [6.45, 7) is 16.2. The first-order chi connectivity index (χ1) is 12.7. The Hall–Kier alpha value is -2.34. The van der Waals surface area contributed by atoms with Crippen molar-refractivity contribution in [2.45, 2.75) is 55.4 Å². The van der Waals surface area contributed by atoms with E-state index in [1.807, 2.05) is 41.5 Å². The first-order valence-electron chi connectivity index (χ1n) is 9.96. The molecule has 26 heavy (non-hydrogen) atoms. The van der Waals surface area contributed by atoms with Gasteiger partial charge in [0.25, 0.3) is 0 Å². The monoisotopic (exact) mass is 348 g/mol. The normalized spacial score (nSPS) is 8.77. The van der Waals surface area contributed by atoms with Crippen LogP contribution in [0.25, 0.3) is 22.3 Å². The summed E-state index contributed by atoms with van der Waals surface area (Å²) in [5.41, 5.74) is 7.66. The predicted octanol–water partition coefficient (Wildman–Crippen LogP) is 8.72. The molecule has 0 aliphatic carbocycles. The van der Waals surface area contributed by atoms with Gasteiger partial charge in [-0.2, -0.15) is 0 Å². The third-order valence-corrected chi connectivity index (χ3v) is 3.63. The molecule has 3 rings (SSSR count). The summed E-state index contributed by atoms with van der Waals surface area (Å²) in [7, 11) is 0. The maximum atomic E-state index is 2.26. The molecule has 0 amide bonds. The lowest BCUT2D eigenvalue weighted by Crippen LogP contribution is -1.82. The molecule has 0 bridgehead atoms. The molecule has 3 aromatic carbocycles. The Kier molecular flexibility index (Phi) is 12.6. The van der Waals surface area contributed by atoms with Gasteiger partial charge in [0, 0.05) is 0 Å². The van der Waals surface area contributed by atoms with Crippen LogP contribution in [0.15, 0.2) is 72.8 Å². The number of rotatable bonds is 2. The highest BCUT2D eigenvalue weighted by Gasteiger charge is 2.01. The van der Waals surface area contributed by atoms with Crippen LogP contribution in [0.3, 0.4) is 0 Å². The maximum Gasteiger partial charge on any atom is -0.0178 e. The van der Waals surface area contributed by atoms with Crippen LogP contribution in [0, 0.1) is 13.8 Å². The fourth-order valence-corrected chi connectivity index (χ4v) is 2.37. The smallest absolute Gasteiger partial charge is 0.0178 e. The predicted molar refractivity (Wildman–Crippen MR) is 121 cm³/mol. The van der Waals surface area contributed by atoms with Crippen molar-refractivity contribution < 1.29 is 0 Å². The van der Waals surface area contributed by atoms with Gasteiger partial charge in [0.2, 0.25) is 0 Å². The van der Waals surface area contributed by atoms with Gasteiger partial charge >= 0.3 is 0 Å². The molecular formula is C26H36. The van der Waals surface area contributed by atoms with Crippen LogP contribution < -0.4 is 0 Å². The first kappa shape index (κ1) is 23.7. The second-order valence-corrected chi connectivity index (χ2v) is 5.31. The third-order valence-electron chi connectivity index (χ3n) is 3.63. The van der Waals surface area contributed by atoms with Crippen molar-refractivity contribution in [1.29, 1.82) is 0 Å². The van der Waals surface area contributed by atoms with E-state index in [0.29, 0.717) is 0 Å². The van der Waals surface area contributed by atoms with E-state index in [9.17, 15) is 0 Å². The number of benzene rings is 3. The summed E-state index contributed by atoms with van der Waals surface area (Å²) in [5.74, 6) is 0. The number of hydrogen-bond donors (Lipinski definition) is 0. The van der Waals surface area contributed by atoms with Gasteiger partial charge in [-0.15, -0.1) is 0 Å². The minimum Gasteiger partial charge on any atom is -0.0683 e. The van der Waals surface area contributed by atoms with Gasteiger partial charge in [-0.05, 0) is 42.2 Å². The fraction of sp³-hybridized carbons (Fsp3) is 0.308. The molecule has 0 spiro atoms. The van der Waals surface area contributed by atoms with Crippen LogP contribution in [0.5, 0.6) is 0 Å². The van der Waals surface area contributed by atoms with Crippen LogP contribution in [-0.2, 0) is 0 Å². The second kappa shape index (κ2) is 13.9. The van der Waals surface area contributed by atoms with E-state index in [0.717, 1.165) is 0 Å². The van der Waals surface area contributed by atoms with Crippen molar-refractivity contribution in [3.05, 3.63) is 83.9 Å². The average molecular weight is 349 g/mol. The number of hydrogen-bond acceptors (Lipinski definition) is 0. The van der Waals surface area contributed by atoms with E-state index >= 15 is 0 Å². The van der Waals surface area contributed by atoms with Gasteiger partial charge in [0.1, 0.15) is 0 Å². The van der Waals surface area contributed by atoms with Gasteiger partial charge in [-0.1, -0.05) is 119 Å². The molecule has 0 saturated heterocycles. The molecule has 0 aliphatic heterocycles. The van der Waals surface area contributed by atoms with E-state index in [4.69, 9.17) is 0 Å². The van der Waals surface area contributed by atoms with E-state index in [-0.39, 0.29) is 0 Å². The minimum atomic E-state index is 1.27. The Morgan fingerprint density at radius 3 is 1.00 bits per heavy atom. The van der Waals surface area contributed by atoms with Crippen molar-refractivity contribution in [3.8, 4) is 22.3 Å². The molecule has 0 aliphatic rings. The maximum absolute atomic E-state index is 2.26. The molecule has 0 heteroatoms. The zero-order valence-corrected chi connectivity index (χ0v) is 17.9. The Labute approximate surface area is 161 Å². The van der Waals surface area contributed by atoms with E-state index in [2.05, 4.69) is 86.6 Å². The molecule has 0 radical (unpaired) electrons. The topological polar surface area (TPSA) is 0 Å². The highest BCUT2D eigenvalue weighted by molar-refractivity contribution is 5.73. The van der Waals surface area contributed by atoms with Crippen LogP contribution in [0.2, 0.25) is 0 Å². The molecule has 0 N–H and O–H groups in total. The Balaban J connectivity index is 0.000000948. The summed E-state index contributed by atoms with van der Waals surface area (Å²) in [4.78, 5) is 0. The molecule has 0 unspecified atom stereocenters. The van der Waals surface area contributed by atoms with Crippen LogP contribution in [0.1, 0.15) is 52.7 Å². The Morgan fingerprint density at radius 2 is 0.692 bits per heavy atom. The largest absolute Gasteiger partial charge is 0.0683 e. The average Bonchev–Trinajstić information content (AvgIpc) is 2.74. The Bertz CT molecular complexity index is 643. The standard InChI is InChI=1S/C20H18.3C2H6/c1-15-6-10-17(11-7-15)19-4-3-5-20(14-19)18-12-8-16(2)9-13-18;3*1-2/h3-14H,1-2H3;3*1-2H3. The summed E-state index contributed by atoms with van der Waals surface area (Å²) < 4.78 is 0. The van der Waals surface area contributed by atoms with Gasteiger partial charge in [-0.3, -0.25) is 0 Å². The van der Waals surface area contributed by atoms with Gasteiger partial charge in [-0.25, -0.2) is 0 Å². The summed E-state index contributed by atoms with van der Waals surface area (Å²) >= 11 is 0. The van der Waals surface area contributed by atoms with Crippen molar-refractivity contribution in [2.75, 3.05) is 0 Å². The number of aryl methyl sites for hydroxylation is 2. The molecule has 0 atom stereocenters. The lowest BCUT2D eigenvalue weighted by Gasteiger charge is -2.07. The van der Waals surface area contributed by atoms with Crippen molar-refractivity contribution in [3.63, 3.8) is 0 Å². The van der Waals surface area contributed by atoms with E-state index < -0.39 is 0 Å². The van der Waals surface area contributed by atoms with Crippen molar-refractivity contribution in [1.82, 2.24) is 0 Å². The quantitative estimate of drug-likeness (QED) is 0.434. The molecule has 0 saturated carbocycles.